The van der Waals surface area contributed by atoms with Gasteiger partial charge in [0.25, 0.3) is 5.91 Å². The fourth-order valence-corrected chi connectivity index (χ4v) is 7.80. The molecule has 0 unspecified atom stereocenters. The number of fused-ring (bicyclic) bond motifs is 4. The number of hydrogen-bond donors (Lipinski definition) is 3. The normalized spacial score (nSPS) is 30.1. The Bertz CT molecular complexity index is 1690. The number of amides is 4. The standard InChI is InChI=1S/C38H45N5O7/c1-23-12-16-25(17-13-23)29-10-7-11-30(39-29)34(45)42-19-26-20-43-32(28(26)21-42)33(44)41-38(36(47)48)18-27(38)8-5-3-2-4-6-9-31(35(43)46)40-37(49)50-22-24-14-15-24/h5,7-8,10-13,16-17,24,26-28,31-32H,2-4,6,9,14-15,18-22H2,1H3,(H,40,49)(H,41,44)(H,47,48)/b8-5-/t26-,27+,28-,31+,32-,38-/m0/s1. The summed E-state index contributed by atoms with van der Waals surface area (Å²) in [6, 6.07) is 11.3. The van der Waals surface area contributed by atoms with Gasteiger partial charge < -0.3 is 30.3 Å². The number of benzene rings is 1. The molecule has 7 rings (SSSR count). The van der Waals surface area contributed by atoms with Gasteiger partial charge in [0.2, 0.25) is 11.8 Å². The van der Waals surface area contributed by atoms with E-state index in [0.29, 0.717) is 37.6 Å². The van der Waals surface area contributed by atoms with Crippen molar-refractivity contribution >= 4 is 29.8 Å². The molecule has 1 aromatic heterocycles. The first-order valence-corrected chi connectivity index (χ1v) is 17.9. The van der Waals surface area contributed by atoms with Crippen molar-refractivity contribution in [3.63, 3.8) is 0 Å². The van der Waals surface area contributed by atoms with Crippen molar-refractivity contribution in [3.05, 3.63) is 65.9 Å². The van der Waals surface area contributed by atoms with Crippen LogP contribution in [-0.2, 0) is 19.1 Å². The molecular weight excluding hydrogens is 638 g/mol. The van der Waals surface area contributed by atoms with Gasteiger partial charge in [-0.3, -0.25) is 14.4 Å². The Morgan fingerprint density at radius 3 is 2.58 bits per heavy atom. The van der Waals surface area contributed by atoms with Crippen LogP contribution in [0.25, 0.3) is 11.3 Å². The summed E-state index contributed by atoms with van der Waals surface area (Å²) in [6.07, 6.45) is 8.99. The lowest BCUT2D eigenvalue weighted by Crippen LogP contribution is -2.58. The number of ether oxygens (including phenoxy) is 1. The smallest absolute Gasteiger partial charge is 0.407 e. The van der Waals surface area contributed by atoms with Crippen molar-refractivity contribution in [2.45, 2.75) is 75.9 Å². The first kappa shape index (κ1) is 33.7. The van der Waals surface area contributed by atoms with E-state index in [9.17, 15) is 29.1 Å². The van der Waals surface area contributed by atoms with Gasteiger partial charge in [0.1, 0.15) is 23.3 Å². The largest absolute Gasteiger partial charge is 0.479 e. The van der Waals surface area contributed by atoms with Crippen LogP contribution in [0.1, 0.15) is 67.4 Å². The number of allylic oxidation sites excluding steroid dienone is 1. The third-order valence-electron chi connectivity index (χ3n) is 11.0. The van der Waals surface area contributed by atoms with E-state index in [1.807, 2.05) is 49.4 Å². The second-order valence-corrected chi connectivity index (χ2v) is 14.7. The SMILES string of the molecule is Cc1ccc(-c2cccc(C(=O)N3C[C@H]4CN5C(=O)[C@H](NC(=O)OCC6CC6)CCCCC/C=C\[C@@H]6C[C@]6(C(=O)O)NC(=O)[C@@H]5[C@H]4C3)n2)cc1. The summed E-state index contributed by atoms with van der Waals surface area (Å²) in [5.41, 5.74) is 1.53. The molecule has 3 N–H and O–H groups in total. The average Bonchev–Trinajstić information content (AvgIpc) is 3.99. The summed E-state index contributed by atoms with van der Waals surface area (Å²) in [5.74, 6) is -2.97. The number of aromatic nitrogens is 1. The van der Waals surface area contributed by atoms with Crippen molar-refractivity contribution in [2.24, 2.45) is 23.7 Å². The van der Waals surface area contributed by atoms with Gasteiger partial charge in [0, 0.05) is 43.0 Å². The third-order valence-corrected chi connectivity index (χ3v) is 11.0. The molecule has 2 saturated heterocycles. The zero-order chi connectivity index (χ0) is 35.0. The second kappa shape index (κ2) is 13.9. The quantitative estimate of drug-likeness (QED) is 0.387. The van der Waals surface area contributed by atoms with Crippen molar-refractivity contribution < 1.29 is 33.8 Å². The van der Waals surface area contributed by atoms with E-state index >= 15 is 0 Å². The first-order chi connectivity index (χ1) is 24.1. The highest BCUT2D eigenvalue weighted by molar-refractivity contribution is 5.97. The highest BCUT2D eigenvalue weighted by Gasteiger charge is 2.62. The third kappa shape index (κ3) is 6.97. The lowest BCUT2D eigenvalue weighted by molar-refractivity contribution is -0.146. The Hall–Kier alpha value is -4.74. The number of hydrogen-bond acceptors (Lipinski definition) is 7. The van der Waals surface area contributed by atoms with Crippen LogP contribution in [0.4, 0.5) is 4.79 Å². The van der Waals surface area contributed by atoms with Crippen LogP contribution in [0.5, 0.6) is 0 Å². The number of aliphatic carboxylic acids is 1. The lowest BCUT2D eigenvalue weighted by Gasteiger charge is -2.32. The van der Waals surface area contributed by atoms with Gasteiger partial charge in [0.15, 0.2) is 0 Å². The summed E-state index contributed by atoms with van der Waals surface area (Å²) in [6.45, 7) is 3.02. The van der Waals surface area contributed by atoms with E-state index in [1.165, 1.54) is 4.90 Å². The number of carboxylic acids is 1. The predicted molar refractivity (Wildman–Crippen MR) is 183 cm³/mol. The molecule has 6 atom stereocenters. The number of aryl methyl sites for hydroxylation is 1. The summed E-state index contributed by atoms with van der Waals surface area (Å²) in [4.78, 5) is 75.6. The molecule has 0 spiro atoms. The van der Waals surface area contributed by atoms with E-state index in [4.69, 9.17) is 4.74 Å². The predicted octanol–water partition coefficient (Wildman–Crippen LogP) is 3.94. The molecule has 2 aliphatic carbocycles. The number of likely N-dealkylation sites (tertiary alicyclic amines) is 1. The molecule has 4 amide bonds. The number of nitrogens with one attached hydrogen (secondary N) is 2. The molecule has 2 aromatic rings. The van der Waals surface area contributed by atoms with Crippen LogP contribution in [0.15, 0.2) is 54.6 Å². The maximum atomic E-state index is 14.3. The number of rotatable bonds is 6. The minimum absolute atomic E-state index is 0.195. The topological polar surface area (TPSA) is 158 Å². The van der Waals surface area contributed by atoms with Crippen molar-refractivity contribution in [1.29, 1.82) is 0 Å². The van der Waals surface area contributed by atoms with E-state index in [0.717, 1.165) is 43.2 Å². The van der Waals surface area contributed by atoms with Crippen molar-refractivity contribution in [2.75, 3.05) is 26.2 Å². The second-order valence-electron chi connectivity index (χ2n) is 14.7. The summed E-state index contributed by atoms with van der Waals surface area (Å²) >= 11 is 0. The van der Waals surface area contributed by atoms with Gasteiger partial charge >= 0.3 is 12.1 Å². The maximum Gasteiger partial charge on any atom is 0.407 e. The zero-order valence-electron chi connectivity index (χ0n) is 28.4. The number of carboxylic acid groups (broad SMARTS) is 1. The molecule has 0 bridgehead atoms. The summed E-state index contributed by atoms with van der Waals surface area (Å²) < 4.78 is 5.41. The highest BCUT2D eigenvalue weighted by atomic mass is 16.5. The fourth-order valence-electron chi connectivity index (χ4n) is 7.80. The number of alkyl carbamates (subject to hydrolysis) is 1. The van der Waals surface area contributed by atoms with Crippen LogP contribution in [-0.4, -0.2) is 93.5 Å². The van der Waals surface area contributed by atoms with Gasteiger partial charge in [-0.05, 0) is 63.5 Å². The minimum atomic E-state index is -1.45. The van der Waals surface area contributed by atoms with Gasteiger partial charge in [0.05, 0.1) is 12.3 Å². The molecule has 5 aliphatic rings. The van der Waals surface area contributed by atoms with Crippen LogP contribution in [0.2, 0.25) is 0 Å². The Morgan fingerprint density at radius 1 is 1.02 bits per heavy atom. The molecule has 4 fully saturated rings. The Balaban J connectivity index is 1.14. The van der Waals surface area contributed by atoms with Gasteiger partial charge in [-0.1, -0.05) is 60.9 Å². The molecule has 0 radical (unpaired) electrons. The van der Waals surface area contributed by atoms with Gasteiger partial charge in [-0.25, -0.2) is 14.6 Å². The van der Waals surface area contributed by atoms with Crippen LogP contribution < -0.4 is 10.6 Å². The number of carbonyl (C=O) groups excluding carboxylic acids is 4. The monoisotopic (exact) mass is 683 g/mol. The molecule has 264 valence electrons. The minimum Gasteiger partial charge on any atom is -0.479 e. The molecule has 12 nitrogen and oxygen atoms in total. The number of pyridine rings is 1. The van der Waals surface area contributed by atoms with E-state index in [-0.39, 0.29) is 42.9 Å². The van der Waals surface area contributed by atoms with E-state index in [1.54, 1.807) is 17.0 Å². The number of nitrogens with zero attached hydrogens (tertiary/aromatic N) is 3. The van der Waals surface area contributed by atoms with Crippen LogP contribution in [0.3, 0.4) is 0 Å². The highest BCUT2D eigenvalue weighted by Crippen LogP contribution is 2.46. The molecule has 12 heteroatoms. The lowest BCUT2D eigenvalue weighted by atomic mass is 9.93. The average molecular weight is 684 g/mol. The fraction of sp³-hybridized carbons (Fsp3) is 0.526. The Labute approximate surface area is 291 Å². The molecule has 1 aromatic carbocycles. The van der Waals surface area contributed by atoms with E-state index < -0.39 is 47.4 Å². The molecule has 50 heavy (non-hydrogen) atoms. The van der Waals surface area contributed by atoms with Gasteiger partial charge in [-0.15, -0.1) is 0 Å². The molecule has 4 heterocycles. The molecular formula is C38H45N5O7. The Morgan fingerprint density at radius 2 is 1.82 bits per heavy atom. The molecule has 2 saturated carbocycles. The molecule has 3 aliphatic heterocycles. The van der Waals surface area contributed by atoms with Crippen LogP contribution in [0, 0.1) is 30.6 Å². The van der Waals surface area contributed by atoms with Crippen LogP contribution >= 0.6 is 0 Å². The van der Waals surface area contributed by atoms with Crippen molar-refractivity contribution in [3.8, 4) is 11.3 Å². The Kier molecular flexibility index (Phi) is 9.36. The first-order valence-electron chi connectivity index (χ1n) is 17.9. The van der Waals surface area contributed by atoms with E-state index in [2.05, 4.69) is 15.6 Å². The summed E-state index contributed by atoms with van der Waals surface area (Å²) in [7, 11) is 0. The van der Waals surface area contributed by atoms with Gasteiger partial charge in [-0.2, -0.15) is 0 Å². The maximum absolute atomic E-state index is 14.3. The van der Waals surface area contributed by atoms with Crippen molar-refractivity contribution in [1.82, 2.24) is 25.4 Å². The number of carbonyl (C=O) groups is 5. The zero-order valence-corrected chi connectivity index (χ0v) is 28.4. The summed E-state index contributed by atoms with van der Waals surface area (Å²) in [5, 5.41) is 15.8.